The molecular weight excluding hydrogens is 408 g/mol. The van der Waals surface area contributed by atoms with Crippen LogP contribution >= 0.6 is 27.3 Å². The minimum atomic E-state index is 0.971. The summed E-state index contributed by atoms with van der Waals surface area (Å²) in [5.41, 5.74) is 8.98. The molecule has 0 spiro atoms. The molecule has 0 amide bonds. The molecule has 0 saturated carbocycles. The van der Waals surface area contributed by atoms with E-state index in [2.05, 4.69) is 72.6 Å². The van der Waals surface area contributed by atoms with E-state index < -0.39 is 0 Å². The van der Waals surface area contributed by atoms with Crippen molar-refractivity contribution in [2.24, 2.45) is 0 Å². The summed E-state index contributed by atoms with van der Waals surface area (Å²) >= 11 is 5.27. The van der Waals surface area contributed by atoms with E-state index in [0.717, 1.165) is 48.6 Å². The monoisotopic (exact) mass is 428 g/mol. The van der Waals surface area contributed by atoms with Crippen molar-refractivity contribution >= 4 is 27.3 Å². The van der Waals surface area contributed by atoms with Crippen molar-refractivity contribution in [1.82, 2.24) is 20.0 Å². The van der Waals surface area contributed by atoms with Crippen LogP contribution in [0.2, 0.25) is 0 Å². The number of fused-ring (bicyclic) bond motifs is 3. The van der Waals surface area contributed by atoms with Crippen LogP contribution < -0.4 is 0 Å². The van der Waals surface area contributed by atoms with Crippen LogP contribution in [0, 0.1) is 0 Å². The minimum absolute atomic E-state index is 0.971. The lowest BCUT2D eigenvalue weighted by molar-refractivity contribution is 0.148. The topological polar surface area (TPSA) is 35.2 Å². The van der Waals surface area contributed by atoms with E-state index in [1.165, 1.54) is 33.5 Å². The highest BCUT2D eigenvalue weighted by Gasteiger charge is 2.26. The highest BCUT2D eigenvalue weighted by Crippen LogP contribution is 2.41. The van der Waals surface area contributed by atoms with E-state index in [1.54, 1.807) is 11.3 Å². The Morgan fingerprint density at radius 3 is 2.81 bits per heavy atom. The van der Waals surface area contributed by atoms with E-state index in [4.69, 9.17) is 0 Å². The third-order valence-corrected chi connectivity index (χ3v) is 7.03. The third kappa shape index (κ3) is 2.95. The van der Waals surface area contributed by atoms with Crippen LogP contribution in [-0.4, -0.2) is 53.2 Å². The normalized spacial score (nSPS) is 17.5. The van der Waals surface area contributed by atoms with Crippen molar-refractivity contribution in [1.29, 1.82) is 0 Å². The average Bonchev–Trinajstić information content (AvgIpc) is 3.32. The second-order valence-electron chi connectivity index (χ2n) is 7.31. The van der Waals surface area contributed by atoms with Crippen molar-refractivity contribution in [3.63, 3.8) is 0 Å². The molecule has 26 heavy (non-hydrogen) atoms. The van der Waals surface area contributed by atoms with Crippen LogP contribution in [0.15, 0.2) is 33.4 Å². The Bertz CT molecular complexity index is 953. The first kappa shape index (κ1) is 16.7. The number of rotatable bonds is 3. The molecule has 3 aromatic rings. The van der Waals surface area contributed by atoms with Gasteiger partial charge >= 0.3 is 0 Å². The summed E-state index contributed by atoms with van der Waals surface area (Å²) in [6.07, 6.45) is 0.971. The van der Waals surface area contributed by atoms with Crippen LogP contribution in [0.1, 0.15) is 16.7 Å². The van der Waals surface area contributed by atoms with Gasteiger partial charge in [-0.1, -0.05) is 12.1 Å². The molecular formula is C20H21BrN4S. The number of piperazine rings is 1. The lowest BCUT2D eigenvalue weighted by Crippen LogP contribution is -2.43. The average molecular weight is 429 g/mol. The summed E-state index contributed by atoms with van der Waals surface area (Å²) in [7, 11) is 2.20. The molecule has 1 fully saturated rings. The highest BCUT2D eigenvalue weighted by atomic mass is 79.9. The Kier molecular flexibility index (Phi) is 4.24. The summed E-state index contributed by atoms with van der Waals surface area (Å²) in [6.45, 7) is 5.67. The van der Waals surface area contributed by atoms with Gasteiger partial charge in [0.2, 0.25) is 0 Å². The number of hydrogen-bond donors (Lipinski definition) is 1. The van der Waals surface area contributed by atoms with Crippen molar-refractivity contribution in [3.8, 4) is 22.5 Å². The summed E-state index contributed by atoms with van der Waals surface area (Å²) in [4.78, 5) is 4.96. The molecule has 0 unspecified atom stereocenters. The fourth-order valence-electron chi connectivity index (χ4n) is 4.00. The Morgan fingerprint density at radius 2 is 2.04 bits per heavy atom. The number of hydrogen-bond acceptors (Lipinski definition) is 4. The molecule has 2 aromatic heterocycles. The number of nitrogens with one attached hydrogen (secondary N) is 1. The second kappa shape index (κ2) is 6.60. The molecule has 1 aromatic carbocycles. The van der Waals surface area contributed by atoms with Crippen molar-refractivity contribution < 1.29 is 0 Å². The Hall–Kier alpha value is -1.47. The Balaban J connectivity index is 1.42. The molecule has 0 bridgehead atoms. The van der Waals surface area contributed by atoms with Gasteiger partial charge < -0.3 is 4.90 Å². The van der Waals surface area contributed by atoms with Gasteiger partial charge in [-0.2, -0.15) is 5.10 Å². The van der Waals surface area contributed by atoms with Crippen molar-refractivity contribution in [2.45, 2.75) is 13.0 Å². The highest BCUT2D eigenvalue weighted by molar-refractivity contribution is 9.11. The van der Waals surface area contributed by atoms with E-state index >= 15 is 0 Å². The molecule has 5 rings (SSSR count). The SMILES string of the molecule is CN1CCN(Cc2ccc3c(c2)-c2[nH]nc(-c4csc(Br)c4)c2C3)CC1. The van der Waals surface area contributed by atoms with E-state index in [1.807, 2.05) is 0 Å². The second-order valence-corrected chi connectivity index (χ2v) is 9.60. The predicted octanol–water partition coefficient (Wildman–Crippen LogP) is 4.22. The largest absolute Gasteiger partial charge is 0.304 e. The molecule has 6 heteroatoms. The fraction of sp³-hybridized carbons (Fsp3) is 0.350. The molecule has 4 nitrogen and oxygen atoms in total. The minimum Gasteiger partial charge on any atom is -0.304 e. The third-order valence-electron chi connectivity index (χ3n) is 5.52. The first-order chi connectivity index (χ1) is 12.7. The van der Waals surface area contributed by atoms with Crippen LogP contribution in [0.3, 0.4) is 0 Å². The van der Waals surface area contributed by atoms with Crippen LogP contribution in [-0.2, 0) is 13.0 Å². The molecule has 1 saturated heterocycles. The fourth-order valence-corrected chi connectivity index (χ4v) is 5.14. The van der Waals surface area contributed by atoms with Gasteiger partial charge in [0, 0.05) is 61.2 Å². The van der Waals surface area contributed by atoms with Gasteiger partial charge in [-0.25, -0.2) is 0 Å². The molecule has 0 atom stereocenters. The first-order valence-electron chi connectivity index (χ1n) is 9.02. The zero-order valence-electron chi connectivity index (χ0n) is 14.8. The van der Waals surface area contributed by atoms with Gasteiger partial charge in [0.25, 0.3) is 0 Å². The van der Waals surface area contributed by atoms with E-state index in [0.29, 0.717) is 0 Å². The van der Waals surface area contributed by atoms with Crippen LogP contribution in [0.4, 0.5) is 0 Å². The van der Waals surface area contributed by atoms with Crippen molar-refractivity contribution in [3.05, 3.63) is 50.1 Å². The molecule has 1 aliphatic heterocycles. The molecule has 134 valence electrons. The standard InChI is InChI=1S/C20H21BrN4S/c1-24-4-6-25(7-5-24)11-13-2-3-14-9-17-19(15-10-18(21)26-12-15)22-23-20(17)16(14)8-13/h2-3,8,10,12H,4-7,9,11H2,1H3,(H,22,23). The summed E-state index contributed by atoms with van der Waals surface area (Å²) in [5, 5.41) is 10.1. The zero-order valence-corrected chi connectivity index (χ0v) is 17.2. The summed E-state index contributed by atoms with van der Waals surface area (Å²) in [6, 6.07) is 9.13. The first-order valence-corrected chi connectivity index (χ1v) is 10.7. The molecule has 0 radical (unpaired) electrons. The summed E-state index contributed by atoms with van der Waals surface area (Å²) in [5.74, 6) is 0. The molecule has 3 heterocycles. The lowest BCUT2D eigenvalue weighted by atomic mass is 10.0. The number of thiophene rings is 1. The van der Waals surface area contributed by atoms with Gasteiger partial charge in [0.15, 0.2) is 0 Å². The number of halogens is 1. The predicted molar refractivity (Wildman–Crippen MR) is 111 cm³/mol. The number of aromatic amines is 1. The maximum absolute atomic E-state index is 4.62. The maximum atomic E-state index is 4.62. The van der Waals surface area contributed by atoms with Crippen LogP contribution in [0.5, 0.6) is 0 Å². The van der Waals surface area contributed by atoms with E-state index in [9.17, 15) is 0 Å². The Morgan fingerprint density at radius 1 is 1.19 bits per heavy atom. The number of nitrogens with zero attached hydrogens (tertiary/aromatic N) is 3. The van der Waals surface area contributed by atoms with Crippen molar-refractivity contribution in [2.75, 3.05) is 33.2 Å². The van der Waals surface area contributed by atoms with Gasteiger partial charge in [0.1, 0.15) is 0 Å². The molecule has 1 aliphatic carbocycles. The van der Waals surface area contributed by atoms with Gasteiger partial charge in [-0.05, 0) is 46.2 Å². The van der Waals surface area contributed by atoms with Gasteiger partial charge in [0.05, 0.1) is 15.2 Å². The maximum Gasteiger partial charge on any atom is 0.0971 e. The number of aromatic nitrogens is 2. The summed E-state index contributed by atoms with van der Waals surface area (Å²) < 4.78 is 1.15. The number of likely N-dealkylation sites (N-methyl/N-ethyl adjacent to an activating group) is 1. The number of benzene rings is 1. The van der Waals surface area contributed by atoms with Gasteiger partial charge in [-0.15, -0.1) is 11.3 Å². The molecule has 1 N–H and O–H groups in total. The number of H-pyrrole nitrogens is 1. The van der Waals surface area contributed by atoms with Crippen LogP contribution in [0.25, 0.3) is 22.5 Å². The van der Waals surface area contributed by atoms with Gasteiger partial charge in [-0.3, -0.25) is 10.00 Å². The lowest BCUT2D eigenvalue weighted by Gasteiger charge is -2.32. The zero-order chi connectivity index (χ0) is 17.7. The Labute approximate surface area is 166 Å². The quantitative estimate of drug-likeness (QED) is 0.530. The smallest absolute Gasteiger partial charge is 0.0971 e. The van der Waals surface area contributed by atoms with E-state index in [-0.39, 0.29) is 0 Å². The molecule has 2 aliphatic rings.